The molecule has 24 heavy (non-hydrogen) atoms. The van der Waals surface area contributed by atoms with Gasteiger partial charge >= 0.3 is 17.9 Å². The number of cyclic esters (lactones) is 3. The van der Waals surface area contributed by atoms with Gasteiger partial charge in [-0.15, -0.1) is 0 Å². The number of Topliss-reactive ketones (excluding diaryl/α,β-unsaturated/α-hetero) is 1. The van der Waals surface area contributed by atoms with Gasteiger partial charge in [0.05, 0.1) is 17.3 Å². The van der Waals surface area contributed by atoms with Crippen LogP contribution in [0.5, 0.6) is 0 Å². The summed E-state index contributed by atoms with van der Waals surface area (Å²) >= 11 is 0. The van der Waals surface area contributed by atoms with Gasteiger partial charge in [0.1, 0.15) is 6.61 Å². The Labute approximate surface area is 138 Å². The highest BCUT2D eigenvalue weighted by atomic mass is 16.6. The van der Waals surface area contributed by atoms with Gasteiger partial charge in [0.2, 0.25) is 0 Å². The summed E-state index contributed by atoms with van der Waals surface area (Å²) in [5, 5.41) is 0. The van der Waals surface area contributed by atoms with Gasteiger partial charge in [-0.1, -0.05) is 30.3 Å². The number of rotatable bonds is 1. The Balaban J connectivity index is 1.79. The van der Waals surface area contributed by atoms with E-state index in [0.29, 0.717) is 6.42 Å². The van der Waals surface area contributed by atoms with E-state index in [1.165, 1.54) is 0 Å². The van der Waals surface area contributed by atoms with Crippen LogP contribution in [-0.2, 0) is 28.7 Å². The average molecular weight is 328 g/mol. The van der Waals surface area contributed by atoms with Crippen LogP contribution in [0.25, 0.3) is 0 Å². The first kappa shape index (κ1) is 15.1. The van der Waals surface area contributed by atoms with E-state index in [4.69, 9.17) is 9.47 Å². The fourth-order valence-electron chi connectivity index (χ4n) is 4.40. The number of carbonyl (C=O) groups excluding carboxylic acids is 4. The van der Waals surface area contributed by atoms with E-state index >= 15 is 0 Å². The summed E-state index contributed by atoms with van der Waals surface area (Å²) in [7, 11) is 0. The van der Waals surface area contributed by atoms with Gasteiger partial charge < -0.3 is 9.47 Å². The van der Waals surface area contributed by atoms with E-state index < -0.39 is 35.2 Å². The summed E-state index contributed by atoms with van der Waals surface area (Å²) in [6.45, 7) is -0.214. The van der Waals surface area contributed by atoms with Gasteiger partial charge in [-0.2, -0.15) is 0 Å². The molecule has 2 saturated heterocycles. The van der Waals surface area contributed by atoms with Gasteiger partial charge in [-0.3, -0.25) is 19.2 Å². The van der Waals surface area contributed by atoms with Crippen LogP contribution in [0.1, 0.15) is 30.7 Å². The summed E-state index contributed by atoms with van der Waals surface area (Å²) in [5.74, 6) is -3.39. The molecule has 1 aliphatic carbocycles. The predicted molar refractivity (Wildman–Crippen MR) is 79.5 cm³/mol. The number of esters is 3. The SMILES string of the molecule is O=C1COC(=O)C2(C1)CC1C(=O)OC(=O)C1C(c1ccccc1)C2. The number of ether oxygens (including phenoxy) is 2. The lowest BCUT2D eigenvalue weighted by Gasteiger charge is -2.44. The minimum absolute atomic E-state index is 0.0554. The molecule has 1 spiro atoms. The zero-order chi connectivity index (χ0) is 16.9. The van der Waals surface area contributed by atoms with Crippen LogP contribution in [-0.4, -0.2) is 30.3 Å². The molecule has 1 aromatic carbocycles. The van der Waals surface area contributed by atoms with Gasteiger partial charge in [0, 0.05) is 6.42 Å². The lowest BCUT2D eigenvalue weighted by Crippen LogP contribution is -2.49. The third-order valence-corrected chi connectivity index (χ3v) is 5.42. The molecule has 4 unspecified atom stereocenters. The van der Waals surface area contributed by atoms with Crippen LogP contribution in [0, 0.1) is 17.3 Å². The first-order valence-electron chi connectivity index (χ1n) is 8.00. The maximum atomic E-state index is 12.5. The summed E-state index contributed by atoms with van der Waals surface area (Å²) in [6, 6.07) is 9.28. The fraction of sp³-hybridized carbons (Fsp3) is 0.444. The topological polar surface area (TPSA) is 86.7 Å². The van der Waals surface area contributed by atoms with Crippen LogP contribution >= 0.6 is 0 Å². The highest BCUT2D eigenvalue weighted by Gasteiger charge is 2.61. The Morgan fingerprint density at radius 2 is 1.62 bits per heavy atom. The van der Waals surface area contributed by atoms with Crippen molar-refractivity contribution in [1.82, 2.24) is 0 Å². The molecular weight excluding hydrogens is 312 g/mol. The van der Waals surface area contributed by atoms with E-state index in [9.17, 15) is 19.2 Å². The van der Waals surface area contributed by atoms with Crippen molar-refractivity contribution < 1.29 is 28.7 Å². The number of hydrogen-bond donors (Lipinski definition) is 0. The molecule has 2 aliphatic heterocycles. The Hall–Kier alpha value is -2.50. The third kappa shape index (κ3) is 2.17. The minimum atomic E-state index is -1.04. The number of benzene rings is 1. The molecule has 0 amide bonds. The van der Waals surface area contributed by atoms with Crippen molar-refractivity contribution in [2.75, 3.05) is 6.61 Å². The fourth-order valence-corrected chi connectivity index (χ4v) is 4.40. The van der Waals surface area contributed by atoms with Crippen molar-refractivity contribution >= 4 is 23.7 Å². The second-order valence-corrected chi connectivity index (χ2v) is 6.87. The lowest BCUT2D eigenvalue weighted by molar-refractivity contribution is -0.172. The van der Waals surface area contributed by atoms with E-state index in [1.54, 1.807) is 0 Å². The Morgan fingerprint density at radius 3 is 2.38 bits per heavy atom. The standard InChI is InChI=1S/C18H16O6/c19-11-6-18(17(22)23-9-11)7-12(10-4-2-1-3-5-10)14-13(8-18)15(20)24-16(14)21/h1-5,12-14H,6-9H2. The first-order valence-corrected chi connectivity index (χ1v) is 8.00. The minimum Gasteiger partial charge on any atom is -0.457 e. The molecule has 1 saturated carbocycles. The third-order valence-electron chi connectivity index (χ3n) is 5.42. The molecule has 2 heterocycles. The lowest BCUT2D eigenvalue weighted by atomic mass is 9.57. The molecule has 1 aromatic rings. The van der Waals surface area contributed by atoms with Crippen molar-refractivity contribution in [3.8, 4) is 0 Å². The molecule has 0 radical (unpaired) electrons. The van der Waals surface area contributed by atoms with E-state index in [0.717, 1.165) is 5.56 Å². The summed E-state index contributed by atoms with van der Waals surface area (Å²) in [4.78, 5) is 48.7. The van der Waals surface area contributed by atoms with Crippen LogP contribution in [0.15, 0.2) is 30.3 Å². The Morgan fingerprint density at radius 1 is 0.917 bits per heavy atom. The largest absolute Gasteiger partial charge is 0.457 e. The van der Waals surface area contributed by atoms with Crippen molar-refractivity contribution in [2.45, 2.75) is 25.2 Å². The second kappa shape index (κ2) is 5.26. The summed E-state index contributed by atoms with van der Waals surface area (Å²) in [5.41, 5.74) is -0.176. The normalized spacial score (nSPS) is 35.6. The van der Waals surface area contributed by atoms with E-state index in [2.05, 4.69) is 0 Å². The number of fused-ring (bicyclic) bond motifs is 1. The molecule has 6 nitrogen and oxygen atoms in total. The smallest absolute Gasteiger partial charge is 0.318 e. The van der Waals surface area contributed by atoms with Crippen molar-refractivity contribution in [1.29, 1.82) is 0 Å². The number of hydrogen-bond acceptors (Lipinski definition) is 6. The maximum Gasteiger partial charge on any atom is 0.318 e. The molecule has 3 fully saturated rings. The molecule has 0 aromatic heterocycles. The maximum absolute atomic E-state index is 12.5. The molecule has 6 heteroatoms. The number of carbonyl (C=O) groups is 4. The van der Waals surface area contributed by atoms with Gasteiger partial charge in [-0.25, -0.2) is 0 Å². The first-order chi connectivity index (χ1) is 11.5. The summed E-state index contributed by atoms with van der Waals surface area (Å²) in [6.07, 6.45) is 0.501. The average Bonchev–Trinajstić information content (AvgIpc) is 2.86. The van der Waals surface area contributed by atoms with Crippen molar-refractivity contribution in [3.05, 3.63) is 35.9 Å². The molecule has 0 bridgehead atoms. The second-order valence-electron chi connectivity index (χ2n) is 6.87. The zero-order valence-corrected chi connectivity index (χ0v) is 12.9. The van der Waals surface area contributed by atoms with Crippen LogP contribution in [0.4, 0.5) is 0 Å². The molecular formula is C18H16O6. The van der Waals surface area contributed by atoms with Crippen LogP contribution in [0.2, 0.25) is 0 Å². The molecule has 124 valence electrons. The zero-order valence-electron chi connectivity index (χ0n) is 12.9. The molecule has 0 N–H and O–H groups in total. The van der Waals surface area contributed by atoms with E-state index in [1.807, 2.05) is 30.3 Å². The monoisotopic (exact) mass is 328 g/mol. The molecule has 4 rings (SSSR count). The Bertz CT molecular complexity index is 739. The van der Waals surface area contributed by atoms with Crippen molar-refractivity contribution in [2.24, 2.45) is 17.3 Å². The van der Waals surface area contributed by atoms with Gasteiger partial charge in [0.25, 0.3) is 0 Å². The Kier molecular flexibility index (Phi) is 3.30. The molecule has 4 atom stereocenters. The van der Waals surface area contributed by atoms with Crippen molar-refractivity contribution in [3.63, 3.8) is 0 Å². The molecule has 3 aliphatic rings. The highest BCUT2D eigenvalue weighted by Crippen LogP contribution is 2.55. The predicted octanol–water partition coefficient (Wildman–Crippen LogP) is 1.38. The quantitative estimate of drug-likeness (QED) is 0.572. The van der Waals surface area contributed by atoms with Gasteiger partial charge in [0.15, 0.2) is 5.78 Å². The van der Waals surface area contributed by atoms with Gasteiger partial charge in [-0.05, 0) is 24.3 Å². The highest BCUT2D eigenvalue weighted by molar-refractivity contribution is 5.99. The van der Waals surface area contributed by atoms with E-state index in [-0.39, 0.29) is 31.1 Å². The van der Waals surface area contributed by atoms with Crippen LogP contribution < -0.4 is 0 Å². The van der Waals surface area contributed by atoms with Crippen LogP contribution in [0.3, 0.4) is 0 Å². The number of ketones is 1. The summed E-state index contributed by atoms with van der Waals surface area (Å²) < 4.78 is 9.89.